The molecule has 0 aliphatic carbocycles. The molecule has 3 aromatic rings. The van der Waals surface area contributed by atoms with Crippen molar-refractivity contribution in [2.75, 3.05) is 19.6 Å². The standard InChI is InChI=1S/C27H27Cl2N3O/c28-23-15-20(16-24(29)17-23)18-31-13-11-25(12-14-31)32-19-27(30-26(32)33,21-7-3-1-4-8-21)22-9-5-2-6-10-22/h1-10,15-17,25H,11-14,18-19H2,(H,30,33). The lowest BCUT2D eigenvalue weighted by Crippen LogP contribution is -2.46. The predicted molar refractivity (Wildman–Crippen MR) is 134 cm³/mol. The number of likely N-dealkylation sites (tertiary alicyclic amines) is 1. The highest BCUT2D eigenvalue weighted by Gasteiger charge is 2.47. The molecule has 0 unspecified atom stereocenters. The van der Waals surface area contributed by atoms with Crippen molar-refractivity contribution < 1.29 is 4.79 Å². The van der Waals surface area contributed by atoms with Gasteiger partial charge in [0.1, 0.15) is 5.54 Å². The monoisotopic (exact) mass is 479 g/mol. The van der Waals surface area contributed by atoms with Crippen LogP contribution in [-0.2, 0) is 12.1 Å². The molecule has 1 N–H and O–H groups in total. The topological polar surface area (TPSA) is 35.6 Å². The maximum atomic E-state index is 13.3. The highest BCUT2D eigenvalue weighted by atomic mass is 35.5. The van der Waals surface area contributed by atoms with Crippen molar-refractivity contribution in [3.63, 3.8) is 0 Å². The van der Waals surface area contributed by atoms with Gasteiger partial charge in [0, 0.05) is 35.7 Å². The first-order valence-corrected chi connectivity index (χ1v) is 12.2. The first-order valence-electron chi connectivity index (χ1n) is 11.4. The van der Waals surface area contributed by atoms with Crippen molar-refractivity contribution in [2.24, 2.45) is 0 Å². The molecule has 2 saturated heterocycles. The number of piperidine rings is 1. The lowest BCUT2D eigenvalue weighted by Gasteiger charge is -2.37. The summed E-state index contributed by atoms with van der Waals surface area (Å²) in [6, 6.07) is 26.5. The van der Waals surface area contributed by atoms with Gasteiger partial charge in [0.05, 0.1) is 6.54 Å². The lowest BCUT2D eigenvalue weighted by molar-refractivity contribution is 0.129. The molecule has 0 spiro atoms. The van der Waals surface area contributed by atoms with Crippen molar-refractivity contribution in [1.29, 1.82) is 0 Å². The van der Waals surface area contributed by atoms with Crippen LogP contribution in [0.15, 0.2) is 78.9 Å². The maximum Gasteiger partial charge on any atom is 0.318 e. The molecule has 0 bridgehead atoms. The van der Waals surface area contributed by atoms with E-state index in [1.165, 1.54) is 0 Å². The molecule has 3 aromatic carbocycles. The van der Waals surface area contributed by atoms with Gasteiger partial charge in [-0.05, 0) is 47.7 Å². The molecule has 5 rings (SSSR count). The van der Waals surface area contributed by atoms with Gasteiger partial charge in [-0.3, -0.25) is 4.90 Å². The second-order valence-corrected chi connectivity index (χ2v) is 9.85. The molecule has 6 heteroatoms. The Kier molecular flexibility index (Phi) is 6.33. The molecule has 170 valence electrons. The normalized spacial score (nSPS) is 19.0. The molecule has 2 fully saturated rings. The van der Waals surface area contributed by atoms with Gasteiger partial charge in [-0.1, -0.05) is 83.9 Å². The number of carbonyl (C=O) groups is 1. The smallest absolute Gasteiger partial charge is 0.318 e. The Balaban J connectivity index is 1.31. The van der Waals surface area contributed by atoms with E-state index in [2.05, 4.69) is 34.5 Å². The average Bonchev–Trinajstić information content (AvgIpc) is 3.18. The van der Waals surface area contributed by atoms with Crippen molar-refractivity contribution in [2.45, 2.75) is 31.0 Å². The Morgan fingerprint density at radius 1 is 0.848 bits per heavy atom. The van der Waals surface area contributed by atoms with E-state index in [1.54, 1.807) is 6.07 Å². The molecular weight excluding hydrogens is 453 g/mol. The van der Waals surface area contributed by atoms with E-state index in [9.17, 15) is 4.79 Å². The van der Waals surface area contributed by atoms with E-state index in [0.29, 0.717) is 16.6 Å². The number of nitrogens with one attached hydrogen (secondary N) is 1. The third kappa shape index (κ3) is 4.61. The molecule has 2 aliphatic heterocycles. The molecule has 2 amide bonds. The summed E-state index contributed by atoms with van der Waals surface area (Å²) in [5.41, 5.74) is 2.82. The summed E-state index contributed by atoms with van der Waals surface area (Å²) in [4.78, 5) is 17.7. The van der Waals surface area contributed by atoms with Gasteiger partial charge in [0.2, 0.25) is 0 Å². The van der Waals surface area contributed by atoms with Gasteiger partial charge in [-0.2, -0.15) is 0 Å². The van der Waals surface area contributed by atoms with Gasteiger partial charge in [-0.25, -0.2) is 4.79 Å². The summed E-state index contributed by atoms with van der Waals surface area (Å²) >= 11 is 12.3. The van der Waals surface area contributed by atoms with Crippen LogP contribution < -0.4 is 5.32 Å². The Labute approximate surface area is 205 Å². The predicted octanol–water partition coefficient (Wildman–Crippen LogP) is 5.93. The first-order chi connectivity index (χ1) is 16.0. The van der Waals surface area contributed by atoms with E-state index in [4.69, 9.17) is 23.2 Å². The van der Waals surface area contributed by atoms with Crippen LogP contribution in [0.3, 0.4) is 0 Å². The van der Waals surface area contributed by atoms with E-state index in [-0.39, 0.29) is 12.1 Å². The number of urea groups is 1. The molecule has 0 saturated carbocycles. The third-order valence-corrected chi connectivity index (χ3v) is 7.28. The van der Waals surface area contributed by atoms with Crippen LogP contribution in [0, 0.1) is 0 Å². The fraction of sp³-hybridized carbons (Fsp3) is 0.296. The Hall–Kier alpha value is -2.53. The molecule has 4 nitrogen and oxygen atoms in total. The van der Waals surface area contributed by atoms with Crippen LogP contribution in [0.5, 0.6) is 0 Å². The number of hydrogen-bond acceptors (Lipinski definition) is 2. The van der Waals surface area contributed by atoms with E-state index < -0.39 is 5.54 Å². The average molecular weight is 480 g/mol. The van der Waals surface area contributed by atoms with Gasteiger partial charge in [0.25, 0.3) is 0 Å². The largest absolute Gasteiger partial charge is 0.323 e. The Morgan fingerprint density at radius 2 is 1.39 bits per heavy atom. The highest BCUT2D eigenvalue weighted by Crippen LogP contribution is 2.37. The fourth-order valence-electron chi connectivity index (χ4n) is 5.20. The number of amides is 2. The van der Waals surface area contributed by atoms with Crippen LogP contribution in [-0.4, -0.2) is 41.5 Å². The quantitative estimate of drug-likeness (QED) is 0.492. The summed E-state index contributed by atoms with van der Waals surface area (Å²) in [7, 11) is 0. The Bertz CT molecular complexity index is 1050. The molecule has 2 aliphatic rings. The van der Waals surface area contributed by atoms with Crippen LogP contribution in [0.25, 0.3) is 0 Å². The van der Waals surface area contributed by atoms with Crippen molar-refractivity contribution in [3.05, 3.63) is 106 Å². The van der Waals surface area contributed by atoms with Gasteiger partial charge >= 0.3 is 6.03 Å². The molecular formula is C27H27Cl2N3O. The zero-order chi connectivity index (χ0) is 22.8. The van der Waals surface area contributed by atoms with Crippen LogP contribution in [0.1, 0.15) is 29.5 Å². The van der Waals surface area contributed by atoms with Crippen LogP contribution in [0.4, 0.5) is 4.79 Å². The number of nitrogens with zero attached hydrogens (tertiary/aromatic N) is 2. The summed E-state index contributed by atoms with van der Waals surface area (Å²) in [6.45, 7) is 3.32. The molecule has 0 atom stereocenters. The first kappa shape index (κ1) is 22.3. The second-order valence-electron chi connectivity index (χ2n) is 8.98. The second kappa shape index (κ2) is 9.38. The third-order valence-electron chi connectivity index (χ3n) is 6.85. The number of halogens is 2. The molecule has 0 aromatic heterocycles. The van der Waals surface area contributed by atoms with Gasteiger partial charge in [0.15, 0.2) is 0 Å². The number of hydrogen-bond donors (Lipinski definition) is 1. The van der Waals surface area contributed by atoms with E-state index in [1.807, 2.05) is 53.4 Å². The highest BCUT2D eigenvalue weighted by molar-refractivity contribution is 6.34. The summed E-state index contributed by atoms with van der Waals surface area (Å²) in [6.07, 6.45) is 1.89. The lowest BCUT2D eigenvalue weighted by atomic mass is 9.83. The number of benzene rings is 3. The summed E-state index contributed by atoms with van der Waals surface area (Å²) < 4.78 is 0. The van der Waals surface area contributed by atoms with Crippen LogP contribution >= 0.6 is 23.2 Å². The number of carbonyl (C=O) groups excluding carboxylic acids is 1. The fourth-order valence-corrected chi connectivity index (χ4v) is 5.78. The Morgan fingerprint density at radius 3 is 1.94 bits per heavy atom. The van der Waals surface area contributed by atoms with E-state index in [0.717, 1.165) is 49.2 Å². The molecule has 2 heterocycles. The van der Waals surface area contributed by atoms with Gasteiger partial charge in [-0.15, -0.1) is 0 Å². The molecule has 33 heavy (non-hydrogen) atoms. The zero-order valence-electron chi connectivity index (χ0n) is 18.4. The zero-order valence-corrected chi connectivity index (χ0v) is 19.9. The van der Waals surface area contributed by atoms with E-state index >= 15 is 0 Å². The van der Waals surface area contributed by atoms with Gasteiger partial charge < -0.3 is 10.2 Å². The summed E-state index contributed by atoms with van der Waals surface area (Å²) in [5, 5.41) is 4.69. The van der Waals surface area contributed by atoms with Crippen molar-refractivity contribution in [1.82, 2.24) is 15.1 Å². The van der Waals surface area contributed by atoms with Crippen molar-refractivity contribution >= 4 is 29.2 Å². The minimum Gasteiger partial charge on any atom is -0.323 e. The minimum atomic E-state index is -0.533. The van der Waals surface area contributed by atoms with Crippen molar-refractivity contribution in [3.8, 4) is 0 Å². The molecule has 0 radical (unpaired) electrons. The van der Waals surface area contributed by atoms with Crippen LogP contribution in [0.2, 0.25) is 10.0 Å². The summed E-state index contributed by atoms with van der Waals surface area (Å²) in [5.74, 6) is 0. The minimum absolute atomic E-state index is 0.0165. The SMILES string of the molecule is O=C1NC(c2ccccc2)(c2ccccc2)CN1C1CCN(Cc2cc(Cl)cc(Cl)c2)CC1. The number of rotatable bonds is 5. The maximum absolute atomic E-state index is 13.3.